The Balaban J connectivity index is 1.81. The van der Waals surface area contributed by atoms with Crippen LogP contribution < -0.4 is 5.32 Å². The number of nitrogens with one attached hydrogen (secondary N) is 1. The number of nitrogens with zero attached hydrogens (tertiary/aromatic N) is 4. The van der Waals surface area contributed by atoms with Gasteiger partial charge >= 0.3 is 11.7 Å². The number of carbonyl (C=O) groups is 1. The molecule has 0 aliphatic rings. The number of carbonyl (C=O) groups excluding carboxylic acids is 1. The number of amides is 1. The Labute approximate surface area is 194 Å². The largest absolute Gasteiger partial charge is 0.475 e. The lowest BCUT2D eigenvalue weighted by molar-refractivity contribution is -0.137. The van der Waals surface area contributed by atoms with Gasteiger partial charge in [0.15, 0.2) is 10.8 Å². The van der Waals surface area contributed by atoms with Crippen LogP contribution in [0.5, 0.6) is 0 Å². The summed E-state index contributed by atoms with van der Waals surface area (Å²) in [4.78, 5) is 12.9. The molecule has 1 amide bonds. The van der Waals surface area contributed by atoms with Crippen LogP contribution in [0.2, 0.25) is 5.02 Å². The van der Waals surface area contributed by atoms with Crippen LogP contribution in [-0.2, 0) is 23.5 Å². The first-order chi connectivity index (χ1) is 15.6. The van der Waals surface area contributed by atoms with E-state index in [9.17, 15) is 40.6 Å². The van der Waals surface area contributed by atoms with Crippen LogP contribution in [0, 0.1) is 11.3 Å². The molecule has 2 atom stereocenters. The number of alkyl halides is 6. The highest BCUT2D eigenvalue weighted by Crippen LogP contribution is 2.34. The Morgan fingerprint density at radius 2 is 1.76 bits per heavy atom. The maximum absolute atomic E-state index is 13.0. The van der Waals surface area contributed by atoms with Gasteiger partial charge in [-0.1, -0.05) is 11.6 Å². The second-order valence-corrected chi connectivity index (χ2v) is 9.07. The summed E-state index contributed by atoms with van der Waals surface area (Å²) in [5, 5.41) is 19.5. The molecule has 2 aromatic carbocycles. The van der Waals surface area contributed by atoms with Crippen molar-refractivity contribution in [2.45, 2.75) is 35.6 Å². The zero-order chi connectivity index (χ0) is 25.5. The van der Waals surface area contributed by atoms with Crippen molar-refractivity contribution in [1.82, 2.24) is 20.3 Å². The highest BCUT2D eigenvalue weighted by molar-refractivity contribution is 7.86. The Kier molecular flexibility index (Phi) is 6.64. The molecule has 0 fully saturated rings. The van der Waals surface area contributed by atoms with Crippen molar-refractivity contribution in [2.75, 3.05) is 0 Å². The van der Waals surface area contributed by atoms with Gasteiger partial charge in [0.25, 0.3) is 5.91 Å². The van der Waals surface area contributed by atoms with E-state index in [2.05, 4.69) is 15.5 Å². The van der Waals surface area contributed by atoms with Crippen molar-refractivity contribution in [3.05, 3.63) is 52.5 Å². The molecule has 180 valence electrons. The SMILES string of the molecule is CC(C#N)(Cn1nc2cc(C(F)(F)F)cc(Cl)c2n1)NC(=O)c1ccc(S(=O)C(F)(F)F)cc1. The average molecular weight is 524 g/mol. The van der Waals surface area contributed by atoms with E-state index in [1.165, 1.54) is 6.92 Å². The quantitative estimate of drug-likeness (QED) is 0.498. The molecule has 2 unspecified atom stereocenters. The first kappa shape index (κ1) is 25.4. The van der Waals surface area contributed by atoms with Crippen LogP contribution in [0.4, 0.5) is 26.3 Å². The summed E-state index contributed by atoms with van der Waals surface area (Å²) < 4.78 is 88.0. The number of fused-ring (bicyclic) bond motifs is 1. The van der Waals surface area contributed by atoms with Gasteiger partial charge in [0.05, 0.1) is 23.2 Å². The minimum absolute atomic E-state index is 0.0467. The van der Waals surface area contributed by atoms with Gasteiger partial charge in [-0.05, 0) is 43.3 Å². The van der Waals surface area contributed by atoms with Gasteiger partial charge in [0, 0.05) is 10.5 Å². The van der Waals surface area contributed by atoms with Gasteiger partial charge in [-0.2, -0.15) is 46.6 Å². The molecule has 15 heteroatoms. The molecule has 0 bridgehead atoms. The standard InChI is InChI=1S/C19H12ClF6N5O2S/c1-17(8-27,28-16(32)10-2-4-12(5-3-10)34(33)19(24,25)26)9-31-29-14-7-11(18(21,22)23)6-13(20)15(14)30-31/h2-7H,9H2,1H3,(H,28,32). The lowest BCUT2D eigenvalue weighted by Crippen LogP contribution is -2.48. The Morgan fingerprint density at radius 3 is 2.29 bits per heavy atom. The molecule has 0 spiro atoms. The normalized spacial score (nSPS) is 14.9. The fourth-order valence-corrected chi connectivity index (χ4v) is 3.73. The van der Waals surface area contributed by atoms with E-state index in [0.29, 0.717) is 6.07 Å². The smallest absolute Gasteiger partial charge is 0.332 e. The number of hydrogen-bond acceptors (Lipinski definition) is 5. The van der Waals surface area contributed by atoms with Gasteiger partial charge in [0.2, 0.25) is 0 Å². The summed E-state index contributed by atoms with van der Waals surface area (Å²) in [6.07, 6.45) is -4.67. The van der Waals surface area contributed by atoms with Crippen molar-refractivity contribution in [3.63, 3.8) is 0 Å². The Hall–Kier alpha value is -3.18. The van der Waals surface area contributed by atoms with Crippen molar-refractivity contribution in [3.8, 4) is 6.07 Å². The van der Waals surface area contributed by atoms with Crippen molar-refractivity contribution >= 4 is 39.3 Å². The van der Waals surface area contributed by atoms with Crippen molar-refractivity contribution in [1.29, 1.82) is 5.26 Å². The van der Waals surface area contributed by atoms with Crippen LogP contribution in [0.1, 0.15) is 22.8 Å². The molecule has 0 saturated heterocycles. The number of rotatable bonds is 5. The van der Waals surface area contributed by atoms with E-state index in [1.807, 2.05) is 6.07 Å². The molecule has 1 aromatic heterocycles. The highest BCUT2D eigenvalue weighted by atomic mass is 35.5. The van der Waals surface area contributed by atoms with Crippen LogP contribution in [0.3, 0.4) is 0 Å². The van der Waals surface area contributed by atoms with E-state index in [0.717, 1.165) is 35.1 Å². The maximum Gasteiger partial charge on any atom is 0.475 e. The number of aromatic nitrogens is 3. The second-order valence-electron chi connectivity index (χ2n) is 7.19. The zero-order valence-electron chi connectivity index (χ0n) is 16.8. The number of nitriles is 1. The molecule has 0 radical (unpaired) electrons. The summed E-state index contributed by atoms with van der Waals surface area (Å²) >= 11 is 5.87. The van der Waals surface area contributed by atoms with Gasteiger partial charge in [-0.3, -0.25) is 4.79 Å². The third-order valence-corrected chi connectivity index (χ3v) is 5.85. The highest BCUT2D eigenvalue weighted by Gasteiger charge is 2.38. The van der Waals surface area contributed by atoms with Crippen LogP contribution in [-0.4, -0.2) is 36.2 Å². The fourth-order valence-electron chi connectivity index (χ4n) is 2.83. The van der Waals surface area contributed by atoms with Crippen molar-refractivity contribution in [2.24, 2.45) is 0 Å². The third-order valence-electron chi connectivity index (χ3n) is 4.44. The van der Waals surface area contributed by atoms with E-state index >= 15 is 0 Å². The predicted molar refractivity (Wildman–Crippen MR) is 108 cm³/mol. The van der Waals surface area contributed by atoms with Crippen LogP contribution in [0.15, 0.2) is 41.3 Å². The molecular weight excluding hydrogens is 512 g/mol. The number of hydrogen-bond donors (Lipinski definition) is 1. The van der Waals surface area contributed by atoms with Crippen molar-refractivity contribution < 1.29 is 35.3 Å². The Morgan fingerprint density at radius 1 is 1.15 bits per heavy atom. The maximum atomic E-state index is 13.0. The molecule has 0 aliphatic carbocycles. The molecule has 0 aliphatic heterocycles. The topological polar surface area (TPSA) is 101 Å². The fraction of sp³-hybridized carbons (Fsp3) is 0.263. The summed E-state index contributed by atoms with van der Waals surface area (Å²) in [7, 11) is -3.27. The molecular formula is C19H12ClF6N5O2S. The monoisotopic (exact) mass is 523 g/mol. The molecule has 1 N–H and O–H groups in total. The summed E-state index contributed by atoms with van der Waals surface area (Å²) in [6.45, 7) is 0.895. The lowest BCUT2D eigenvalue weighted by Gasteiger charge is -2.22. The molecule has 3 aromatic rings. The van der Waals surface area contributed by atoms with E-state index in [1.54, 1.807) is 0 Å². The van der Waals surface area contributed by atoms with Crippen LogP contribution in [0.25, 0.3) is 11.0 Å². The number of halogens is 7. The average Bonchev–Trinajstić information content (AvgIpc) is 3.14. The first-order valence-corrected chi connectivity index (χ1v) is 10.6. The summed E-state index contributed by atoms with van der Waals surface area (Å²) in [6, 6.07) is 6.99. The van der Waals surface area contributed by atoms with E-state index in [4.69, 9.17) is 11.6 Å². The minimum atomic E-state index is -4.97. The van der Waals surface area contributed by atoms with Gasteiger partial charge in [0.1, 0.15) is 16.6 Å². The molecule has 1 heterocycles. The van der Waals surface area contributed by atoms with Gasteiger partial charge in [-0.15, -0.1) is 0 Å². The zero-order valence-corrected chi connectivity index (χ0v) is 18.4. The molecule has 3 rings (SSSR count). The summed E-state index contributed by atoms with van der Waals surface area (Å²) in [5.74, 6) is -0.845. The van der Waals surface area contributed by atoms with E-state index < -0.39 is 50.9 Å². The summed E-state index contributed by atoms with van der Waals surface area (Å²) in [5.41, 5.74) is -8.02. The third kappa shape index (κ3) is 5.48. The second kappa shape index (κ2) is 8.88. The van der Waals surface area contributed by atoms with Gasteiger partial charge in [-0.25, -0.2) is 4.21 Å². The van der Waals surface area contributed by atoms with Gasteiger partial charge < -0.3 is 5.32 Å². The van der Waals surface area contributed by atoms with Crippen LogP contribution >= 0.6 is 11.6 Å². The molecule has 7 nitrogen and oxygen atoms in total. The number of benzene rings is 2. The Bertz CT molecular complexity index is 1320. The van der Waals surface area contributed by atoms with E-state index in [-0.39, 0.29) is 21.6 Å². The molecule has 34 heavy (non-hydrogen) atoms. The minimum Gasteiger partial charge on any atom is -0.332 e. The predicted octanol–water partition coefficient (Wildman–Crippen LogP) is 4.44. The first-order valence-electron chi connectivity index (χ1n) is 9.07. The molecule has 0 saturated carbocycles. The lowest BCUT2D eigenvalue weighted by atomic mass is 10.0.